The van der Waals surface area contributed by atoms with Crippen molar-refractivity contribution in [1.29, 1.82) is 0 Å². The molecule has 0 atom stereocenters. The standard InChI is InChI=1S/C19H29N5O2/c20-8-2-9-21-17-5-4-16(13-22-17)19(26)23-11-6-15(7-12-23)14-24-10-1-3-18(24)25/h4-5,13,15H,1-3,6-12,14,20H2,(H,21,22). The molecule has 0 aliphatic carbocycles. The Bertz CT molecular complexity index is 611. The number of pyridine rings is 1. The molecule has 3 rings (SSSR count). The number of rotatable bonds is 7. The fourth-order valence-corrected chi connectivity index (χ4v) is 3.65. The van der Waals surface area contributed by atoms with Gasteiger partial charge in [0.1, 0.15) is 5.82 Å². The second kappa shape index (κ2) is 8.98. The van der Waals surface area contributed by atoms with Crippen molar-refractivity contribution in [1.82, 2.24) is 14.8 Å². The SMILES string of the molecule is NCCCNc1ccc(C(=O)N2CCC(CN3CCCC3=O)CC2)cn1. The van der Waals surface area contributed by atoms with E-state index in [1.165, 1.54) is 0 Å². The smallest absolute Gasteiger partial charge is 0.255 e. The van der Waals surface area contributed by atoms with Crippen molar-refractivity contribution in [2.45, 2.75) is 32.1 Å². The molecule has 0 spiro atoms. The number of amides is 2. The highest BCUT2D eigenvalue weighted by molar-refractivity contribution is 5.94. The van der Waals surface area contributed by atoms with Crippen LogP contribution in [-0.4, -0.2) is 65.9 Å². The molecule has 0 unspecified atom stereocenters. The van der Waals surface area contributed by atoms with E-state index in [1.54, 1.807) is 6.20 Å². The van der Waals surface area contributed by atoms with Crippen LogP contribution in [0.5, 0.6) is 0 Å². The quantitative estimate of drug-likeness (QED) is 0.717. The minimum absolute atomic E-state index is 0.0432. The summed E-state index contributed by atoms with van der Waals surface area (Å²) in [6, 6.07) is 3.67. The molecule has 1 aromatic rings. The molecule has 0 aromatic carbocycles. The number of anilines is 1. The van der Waals surface area contributed by atoms with Crippen LogP contribution < -0.4 is 11.1 Å². The number of carbonyl (C=O) groups is 2. The van der Waals surface area contributed by atoms with E-state index >= 15 is 0 Å². The van der Waals surface area contributed by atoms with Crippen molar-refractivity contribution in [3.05, 3.63) is 23.9 Å². The van der Waals surface area contributed by atoms with Gasteiger partial charge >= 0.3 is 0 Å². The lowest BCUT2D eigenvalue weighted by Gasteiger charge is -2.34. The van der Waals surface area contributed by atoms with Crippen LogP contribution in [0, 0.1) is 5.92 Å². The third kappa shape index (κ3) is 4.72. The highest BCUT2D eigenvalue weighted by Gasteiger charge is 2.28. The maximum atomic E-state index is 12.7. The lowest BCUT2D eigenvalue weighted by Crippen LogP contribution is -2.41. The summed E-state index contributed by atoms with van der Waals surface area (Å²) < 4.78 is 0. The van der Waals surface area contributed by atoms with E-state index < -0.39 is 0 Å². The zero-order valence-corrected chi connectivity index (χ0v) is 15.3. The number of nitrogens with two attached hydrogens (primary N) is 1. The van der Waals surface area contributed by atoms with Crippen LogP contribution in [0.4, 0.5) is 5.82 Å². The summed E-state index contributed by atoms with van der Waals surface area (Å²) in [5, 5.41) is 3.19. The lowest BCUT2D eigenvalue weighted by atomic mass is 9.96. The van der Waals surface area contributed by atoms with Crippen LogP contribution in [0.1, 0.15) is 42.5 Å². The van der Waals surface area contributed by atoms with E-state index in [1.807, 2.05) is 21.9 Å². The van der Waals surface area contributed by atoms with E-state index in [4.69, 9.17) is 5.73 Å². The van der Waals surface area contributed by atoms with E-state index in [2.05, 4.69) is 10.3 Å². The third-order valence-electron chi connectivity index (χ3n) is 5.25. The first-order valence-corrected chi connectivity index (χ1v) is 9.64. The van der Waals surface area contributed by atoms with E-state index in [0.717, 1.165) is 64.2 Å². The predicted octanol–water partition coefficient (Wildman–Crippen LogP) is 1.32. The van der Waals surface area contributed by atoms with E-state index in [9.17, 15) is 9.59 Å². The topological polar surface area (TPSA) is 91.6 Å². The molecule has 3 N–H and O–H groups in total. The Labute approximate surface area is 154 Å². The van der Waals surface area contributed by atoms with Gasteiger partial charge in [-0.2, -0.15) is 0 Å². The summed E-state index contributed by atoms with van der Waals surface area (Å²) in [6.45, 7) is 4.68. The van der Waals surface area contributed by atoms with Gasteiger partial charge in [-0.3, -0.25) is 9.59 Å². The molecule has 26 heavy (non-hydrogen) atoms. The monoisotopic (exact) mass is 359 g/mol. The Kier molecular flexibility index (Phi) is 6.44. The number of likely N-dealkylation sites (tertiary alicyclic amines) is 2. The molecule has 2 fully saturated rings. The first-order valence-electron chi connectivity index (χ1n) is 9.64. The van der Waals surface area contributed by atoms with Crippen LogP contribution in [0.25, 0.3) is 0 Å². The first kappa shape index (κ1) is 18.6. The van der Waals surface area contributed by atoms with Gasteiger partial charge in [0, 0.05) is 45.3 Å². The molecule has 0 radical (unpaired) electrons. The maximum Gasteiger partial charge on any atom is 0.255 e. The van der Waals surface area contributed by atoms with Gasteiger partial charge in [-0.15, -0.1) is 0 Å². The molecule has 2 aliphatic rings. The van der Waals surface area contributed by atoms with Gasteiger partial charge in [0.05, 0.1) is 5.56 Å². The zero-order valence-electron chi connectivity index (χ0n) is 15.3. The van der Waals surface area contributed by atoms with Crippen molar-refractivity contribution in [3.63, 3.8) is 0 Å². The minimum Gasteiger partial charge on any atom is -0.370 e. The molecule has 0 saturated carbocycles. The number of nitrogens with zero attached hydrogens (tertiary/aromatic N) is 3. The average Bonchev–Trinajstić information content (AvgIpc) is 3.07. The molecule has 2 amide bonds. The average molecular weight is 359 g/mol. The fraction of sp³-hybridized carbons (Fsp3) is 0.632. The fourth-order valence-electron chi connectivity index (χ4n) is 3.65. The summed E-state index contributed by atoms with van der Waals surface area (Å²) in [4.78, 5) is 32.6. The van der Waals surface area contributed by atoms with Gasteiger partial charge in [-0.25, -0.2) is 4.98 Å². The number of nitrogens with one attached hydrogen (secondary N) is 1. The van der Waals surface area contributed by atoms with Crippen molar-refractivity contribution >= 4 is 17.6 Å². The lowest BCUT2D eigenvalue weighted by molar-refractivity contribution is -0.128. The molecule has 7 heteroatoms. The Morgan fingerprint density at radius 1 is 1.27 bits per heavy atom. The Morgan fingerprint density at radius 3 is 2.69 bits per heavy atom. The highest BCUT2D eigenvalue weighted by Crippen LogP contribution is 2.22. The largest absolute Gasteiger partial charge is 0.370 e. The van der Waals surface area contributed by atoms with E-state index in [-0.39, 0.29) is 11.8 Å². The van der Waals surface area contributed by atoms with Crippen molar-refractivity contribution in [2.75, 3.05) is 44.6 Å². The predicted molar refractivity (Wildman–Crippen MR) is 101 cm³/mol. The van der Waals surface area contributed by atoms with Gasteiger partial charge in [0.25, 0.3) is 5.91 Å². The summed E-state index contributed by atoms with van der Waals surface area (Å²) in [5.41, 5.74) is 6.10. The van der Waals surface area contributed by atoms with Gasteiger partial charge in [-0.1, -0.05) is 0 Å². The Hall–Kier alpha value is -2.15. The van der Waals surface area contributed by atoms with Crippen molar-refractivity contribution in [3.8, 4) is 0 Å². The van der Waals surface area contributed by atoms with Gasteiger partial charge in [-0.05, 0) is 50.3 Å². The number of hydrogen-bond acceptors (Lipinski definition) is 5. The summed E-state index contributed by atoms with van der Waals surface area (Å²) in [6.07, 6.45) is 6.13. The number of hydrogen-bond donors (Lipinski definition) is 2. The molecule has 3 heterocycles. The zero-order chi connectivity index (χ0) is 18.4. The molecule has 0 bridgehead atoms. The second-order valence-electron chi connectivity index (χ2n) is 7.18. The van der Waals surface area contributed by atoms with Gasteiger partial charge in [0.2, 0.25) is 5.91 Å². The Morgan fingerprint density at radius 2 is 2.08 bits per heavy atom. The number of aromatic nitrogens is 1. The maximum absolute atomic E-state index is 12.7. The van der Waals surface area contributed by atoms with Crippen molar-refractivity contribution in [2.24, 2.45) is 11.7 Å². The molecule has 2 aliphatic heterocycles. The summed E-state index contributed by atoms with van der Waals surface area (Å²) >= 11 is 0. The van der Waals surface area contributed by atoms with Crippen molar-refractivity contribution < 1.29 is 9.59 Å². The summed E-state index contributed by atoms with van der Waals surface area (Å²) in [5.74, 6) is 1.61. The van der Waals surface area contributed by atoms with Crippen LogP contribution in [0.3, 0.4) is 0 Å². The molecule has 7 nitrogen and oxygen atoms in total. The van der Waals surface area contributed by atoms with Crippen LogP contribution in [0.2, 0.25) is 0 Å². The molecule has 1 aromatic heterocycles. The molecular weight excluding hydrogens is 330 g/mol. The number of piperidine rings is 1. The van der Waals surface area contributed by atoms with Gasteiger partial charge in [0.15, 0.2) is 0 Å². The van der Waals surface area contributed by atoms with Gasteiger partial charge < -0.3 is 20.9 Å². The minimum atomic E-state index is 0.0432. The summed E-state index contributed by atoms with van der Waals surface area (Å²) in [7, 11) is 0. The third-order valence-corrected chi connectivity index (χ3v) is 5.25. The second-order valence-corrected chi connectivity index (χ2v) is 7.18. The van der Waals surface area contributed by atoms with Crippen LogP contribution >= 0.6 is 0 Å². The van der Waals surface area contributed by atoms with Crippen LogP contribution in [-0.2, 0) is 4.79 Å². The Balaban J connectivity index is 1.46. The highest BCUT2D eigenvalue weighted by atomic mass is 16.2. The normalized spacial score (nSPS) is 18.4. The molecule has 142 valence electrons. The first-order chi connectivity index (χ1) is 12.7. The molecular formula is C19H29N5O2. The number of carbonyl (C=O) groups excluding carboxylic acids is 2. The molecule has 2 saturated heterocycles. The van der Waals surface area contributed by atoms with Crippen LogP contribution in [0.15, 0.2) is 18.3 Å². The van der Waals surface area contributed by atoms with E-state index in [0.29, 0.717) is 24.4 Å².